The van der Waals surface area contributed by atoms with E-state index in [4.69, 9.17) is 0 Å². The lowest BCUT2D eigenvalue weighted by molar-refractivity contribution is 0.0827. The van der Waals surface area contributed by atoms with Crippen molar-refractivity contribution in [2.75, 3.05) is 20.6 Å². The van der Waals surface area contributed by atoms with Gasteiger partial charge < -0.3 is 10.2 Å². The van der Waals surface area contributed by atoms with Gasteiger partial charge in [-0.25, -0.2) is 4.39 Å². The molecule has 2 amide bonds. The van der Waals surface area contributed by atoms with Crippen molar-refractivity contribution < 1.29 is 14.0 Å². The minimum absolute atomic E-state index is 0.0713. The number of rotatable bonds is 4. The van der Waals surface area contributed by atoms with E-state index in [0.717, 1.165) is 11.1 Å². The predicted molar refractivity (Wildman–Crippen MR) is 112 cm³/mol. The maximum atomic E-state index is 13.1. The van der Waals surface area contributed by atoms with Crippen LogP contribution >= 0.6 is 0 Å². The normalized spacial score (nSPS) is 10.1. The van der Waals surface area contributed by atoms with Crippen molar-refractivity contribution in [1.82, 2.24) is 20.0 Å². The van der Waals surface area contributed by atoms with Crippen molar-refractivity contribution in [2.45, 2.75) is 0 Å². The summed E-state index contributed by atoms with van der Waals surface area (Å²) in [6.45, 7) is 0.161. The molecule has 6 nitrogen and oxygen atoms in total. The molecule has 0 aliphatic rings. The minimum Gasteiger partial charge on any atom is -0.345 e. The van der Waals surface area contributed by atoms with Gasteiger partial charge in [-0.15, -0.1) is 0 Å². The van der Waals surface area contributed by atoms with Crippen LogP contribution in [0.2, 0.25) is 0 Å². The van der Waals surface area contributed by atoms with Gasteiger partial charge in [0, 0.05) is 37.8 Å². The molecule has 3 rings (SSSR count). The highest BCUT2D eigenvalue weighted by atomic mass is 19.1. The third-order valence-corrected chi connectivity index (χ3v) is 4.36. The molecule has 0 saturated carbocycles. The lowest BCUT2D eigenvalue weighted by Gasteiger charge is -2.09. The van der Waals surface area contributed by atoms with E-state index in [1.165, 1.54) is 21.7 Å². The number of aromatic nitrogens is 2. The summed E-state index contributed by atoms with van der Waals surface area (Å²) in [5.74, 6) is 5.13. The van der Waals surface area contributed by atoms with Crippen molar-refractivity contribution in [1.29, 1.82) is 0 Å². The zero-order valence-electron chi connectivity index (χ0n) is 16.9. The molecule has 0 spiro atoms. The molecule has 7 heteroatoms. The summed E-state index contributed by atoms with van der Waals surface area (Å²) in [6.07, 6.45) is 0. The molecule has 1 aromatic heterocycles. The Kier molecular flexibility index (Phi) is 6.28. The number of benzene rings is 2. The standard InChI is InChI=1S/C23H21FN4O2/c1-27(2)23(30)18-8-6-16(7-9-18)5-4-14-25-22(29)21-15-20(26-28(21)3)17-10-12-19(24)13-11-17/h6-13,15H,14H2,1-3H3,(H,25,29). The summed E-state index contributed by atoms with van der Waals surface area (Å²) in [5.41, 5.74) is 3.02. The molecule has 0 fully saturated rings. The van der Waals surface area contributed by atoms with E-state index in [9.17, 15) is 14.0 Å². The Balaban J connectivity index is 1.60. The molecule has 30 heavy (non-hydrogen) atoms. The lowest BCUT2D eigenvalue weighted by Crippen LogP contribution is -2.25. The van der Waals surface area contributed by atoms with E-state index in [-0.39, 0.29) is 24.2 Å². The van der Waals surface area contributed by atoms with Gasteiger partial charge in [0.05, 0.1) is 12.2 Å². The topological polar surface area (TPSA) is 67.2 Å². The summed E-state index contributed by atoms with van der Waals surface area (Å²) in [4.78, 5) is 25.8. The quantitative estimate of drug-likeness (QED) is 0.680. The number of aryl methyl sites for hydroxylation is 1. The molecule has 0 bridgehead atoms. The van der Waals surface area contributed by atoms with Crippen molar-refractivity contribution >= 4 is 11.8 Å². The number of carbonyl (C=O) groups is 2. The van der Waals surface area contributed by atoms with Gasteiger partial charge >= 0.3 is 0 Å². The molecule has 0 aliphatic carbocycles. The highest BCUT2D eigenvalue weighted by molar-refractivity contribution is 5.94. The summed E-state index contributed by atoms with van der Waals surface area (Å²) in [6, 6.07) is 14.5. The van der Waals surface area contributed by atoms with Crippen molar-refractivity contribution in [3.05, 3.63) is 77.2 Å². The monoisotopic (exact) mass is 404 g/mol. The SMILES string of the molecule is CN(C)C(=O)c1ccc(C#CCNC(=O)c2cc(-c3ccc(F)cc3)nn2C)cc1. The number of nitrogens with one attached hydrogen (secondary N) is 1. The average Bonchev–Trinajstić information content (AvgIpc) is 3.13. The van der Waals surface area contributed by atoms with Gasteiger partial charge in [0.1, 0.15) is 11.5 Å². The molecule has 0 atom stereocenters. The number of hydrogen-bond acceptors (Lipinski definition) is 3. The highest BCUT2D eigenvalue weighted by Crippen LogP contribution is 2.19. The van der Waals surface area contributed by atoms with Gasteiger partial charge in [0.25, 0.3) is 11.8 Å². The molecule has 3 aromatic rings. The van der Waals surface area contributed by atoms with Crippen LogP contribution in [-0.4, -0.2) is 47.1 Å². The molecular formula is C23H21FN4O2. The molecule has 0 radical (unpaired) electrons. The number of halogens is 1. The molecular weight excluding hydrogens is 383 g/mol. The van der Waals surface area contributed by atoms with E-state index >= 15 is 0 Å². The molecule has 0 unspecified atom stereocenters. The van der Waals surface area contributed by atoms with Crippen LogP contribution in [0, 0.1) is 17.7 Å². The first-order chi connectivity index (χ1) is 14.3. The fourth-order valence-electron chi connectivity index (χ4n) is 2.76. The largest absolute Gasteiger partial charge is 0.345 e. The van der Waals surface area contributed by atoms with Crippen LogP contribution in [0.5, 0.6) is 0 Å². The molecule has 152 valence electrons. The lowest BCUT2D eigenvalue weighted by atomic mass is 10.1. The Bertz CT molecular complexity index is 1120. The second-order valence-electron chi connectivity index (χ2n) is 6.81. The first-order valence-electron chi connectivity index (χ1n) is 9.24. The molecule has 0 saturated heterocycles. The molecule has 0 aliphatic heterocycles. The van der Waals surface area contributed by atoms with Gasteiger partial charge in [-0.2, -0.15) is 5.10 Å². The Labute approximate surface area is 174 Å². The van der Waals surface area contributed by atoms with Gasteiger partial charge in [-0.05, 0) is 54.6 Å². The Morgan fingerprint density at radius 2 is 1.77 bits per heavy atom. The van der Waals surface area contributed by atoms with Gasteiger partial charge in [-0.1, -0.05) is 11.8 Å². The van der Waals surface area contributed by atoms with Crippen LogP contribution in [0.4, 0.5) is 4.39 Å². The zero-order chi connectivity index (χ0) is 21.7. The van der Waals surface area contributed by atoms with Crippen LogP contribution in [0.1, 0.15) is 26.4 Å². The van der Waals surface area contributed by atoms with Crippen LogP contribution in [0.3, 0.4) is 0 Å². The Morgan fingerprint density at radius 1 is 1.10 bits per heavy atom. The summed E-state index contributed by atoms with van der Waals surface area (Å²) < 4.78 is 14.6. The number of hydrogen-bond donors (Lipinski definition) is 1. The minimum atomic E-state index is -0.329. The van der Waals surface area contributed by atoms with Crippen LogP contribution in [-0.2, 0) is 7.05 Å². The van der Waals surface area contributed by atoms with Crippen molar-refractivity contribution in [3.63, 3.8) is 0 Å². The predicted octanol–water partition coefficient (Wildman–Crippen LogP) is 2.71. The maximum Gasteiger partial charge on any atom is 0.270 e. The first-order valence-corrected chi connectivity index (χ1v) is 9.24. The molecule has 1 N–H and O–H groups in total. The fourth-order valence-corrected chi connectivity index (χ4v) is 2.76. The first kappa shape index (κ1) is 20.8. The number of carbonyl (C=O) groups excluding carboxylic acids is 2. The third-order valence-electron chi connectivity index (χ3n) is 4.36. The van der Waals surface area contributed by atoms with E-state index in [1.807, 2.05) is 0 Å². The average molecular weight is 404 g/mol. The van der Waals surface area contributed by atoms with E-state index in [1.54, 1.807) is 63.6 Å². The van der Waals surface area contributed by atoms with Gasteiger partial charge in [-0.3, -0.25) is 14.3 Å². The second kappa shape index (κ2) is 9.05. The van der Waals surface area contributed by atoms with Gasteiger partial charge in [0.15, 0.2) is 0 Å². The Morgan fingerprint density at radius 3 is 2.40 bits per heavy atom. The summed E-state index contributed by atoms with van der Waals surface area (Å²) >= 11 is 0. The van der Waals surface area contributed by atoms with Crippen LogP contribution in [0.15, 0.2) is 54.6 Å². The van der Waals surface area contributed by atoms with E-state index < -0.39 is 0 Å². The van der Waals surface area contributed by atoms with Crippen LogP contribution < -0.4 is 5.32 Å². The second-order valence-corrected chi connectivity index (χ2v) is 6.81. The van der Waals surface area contributed by atoms with Crippen LogP contribution in [0.25, 0.3) is 11.3 Å². The fraction of sp³-hybridized carbons (Fsp3) is 0.174. The molecule has 1 heterocycles. The zero-order valence-corrected chi connectivity index (χ0v) is 16.9. The Hall–Kier alpha value is -3.92. The van der Waals surface area contributed by atoms with Crippen molar-refractivity contribution in [2.24, 2.45) is 7.05 Å². The third kappa shape index (κ3) is 4.92. The maximum absolute atomic E-state index is 13.1. The van der Waals surface area contributed by atoms with E-state index in [2.05, 4.69) is 22.3 Å². The number of amides is 2. The molecule has 2 aromatic carbocycles. The highest BCUT2D eigenvalue weighted by Gasteiger charge is 2.13. The summed E-state index contributed by atoms with van der Waals surface area (Å²) in [5, 5.41) is 7.04. The van der Waals surface area contributed by atoms with E-state index in [0.29, 0.717) is 17.0 Å². The van der Waals surface area contributed by atoms with Crippen molar-refractivity contribution in [3.8, 4) is 23.1 Å². The summed E-state index contributed by atoms with van der Waals surface area (Å²) in [7, 11) is 5.07. The number of nitrogens with zero attached hydrogens (tertiary/aromatic N) is 3. The van der Waals surface area contributed by atoms with Gasteiger partial charge in [0.2, 0.25) is 0 Å². The smallest absolute Gasteiger partial charge is 0.270 e.